The number of aromatic amines is 2. The summed E-state index contributed by atoms with van der Waals surface area (Å²) in [4.78, 5) is 63.0. The number of hydrogen-bond acceptors (Lipinski definition) is 7. The van der Waals surface area contributed by atoms with E-state index in [2.05, 4.69) is 83.9 Å². The molecular formula is C52H73F2N7O4. The molecular weight excluding hydrogens is 825 g/mol. The van der Waals surface area contributed by atoms with E-state index >= 15 is 0 Å². The zero-order valence-corrected chi connectivity index (χ0v) is 41.0. The van der Waals surface area contributed by atoms with E-state index in [1.54, 1.807) is 6.07 Å². The van der Waals surface area contributed by atoms with Crippen LogP contribution in [0.4, 0.5) is 20.2 Å². The minimum absolute atomic E-state index is 0.0903. The fourth-order valence-electron chi connectivity index (χ4n) is 10.4. The summed E-state index contributed by atoms with van der Waals surface area (Å²) in [6.45, 7) is 25.9. The molecule has 0 radical (unpaired) electrons. The predicted octanol–water partition coefficient (Wildman–Crippen LogP) is 9.09. The molecule has 13 heteroatoms. The first-order chi connectivity index (χ1) is 30.6. The van der Waals surface area contributed by atoms with Crippen molar-refractivity contribution < 1.29 is 18.4 Å². The van der Waals surface area contributed by atoms with Crippen LogP contribution in [-0.4, -0.2) is 71.0 Å². The highest BCUT2D eigenvalue weighted by Crippen LogP contribution is 2.36. The van der Waals surface area contributed by atoms with Crippen molar-refractivity contribution in [1.82, 2.24) is 25.5 Å². The van der Waals surface area contributed by atoms with E-state index in [1.807, 2.05) is 53.7 Å². The molecule has 2 aliphatic rings. The molecule has 2 aromatic carbocycles. The van der Waals surface area contributed by atoms with Gasteiger partial charge in [-0.1, -0.05) is 13.8 Å². The average Bonchev–Trinajstić information content (AvgIpc) is 3.21. The lowest BCUT2D eigenvalue weighted by Crippen LogP contribution is -2.51. The largest absolute Gasteiger partial charge is 0.368 e. The third-order valence-electron chi connectivity index (χ3n) is 14.0. The Morgan fingerprint density at radius 1 is 0.615 bits per heavy atom. The Balaban J connectivity index is 0.000000244. The quantitative estimate of drug-likeness (QED) is 0.112. The number of carbonyl (C=O) groups is 2. The van der Waals surface area contributed by atoms with Gasteiger partial charge in [0.2, 0.25) is 0 Å². The molecule has 4 aromatic rings. The fraction of sp³-hybridized carbons (Fsp3) is 0.538. The van der Waals surface area contributed by atoms with Crippen LogP contribution in [0.25, 0.3) is 0 Å². The fourth-order valence-corrected chi connectivity index (χ4v) is 10.4. The minimum atomic E-state index is -0.433. The molecule has 0 bridgehead atoms. The first-order valence-corrected chi connectivity index (χ1v) is 23.4. The van der Waals surface area contributed by atoms with Gasteiger partial charge in [-0.05, 0) is 179 Å². The van der Waals surface area contributed by atoms with Crippen molar-refractivity contribution in [2.24, 2.45) is 11.8 Å². The molecule has 1 aliphatic heterocycles. The molecule has 2 amide bonds. The lowest BCUT2D eigenvalue weighted by molar-refractivity contribution is 0.0941. The number of likely N-dealkylation sites (tertiary alicyclic amines) is 1. The van der Waals surface area contributed by atoms with Crippen LogP contribution in [0, 0.1) is 65.0 Å². The number of aryl methyl sites for hydroxylation is 4. The van der Waals surface area contributed by atoms with Crippen molar-refractivity contribution in [2.45, 2.75) is 152 Å². The summed E-state index contributed by atoms with van der Waals surface area (Å²) in [7, 11) is 2.15. The monoisotopic (exact) mass is 898 g/mol. The number of nitrogens with zero attached hydrogens (tertiary/aromatic N) is 3. The molecule has 1 aliphatic carbocycles. The number of carbonyl (C=O) groups excluding carboxylic acids is 2. The van der Waals surface area contributed by atoms with Crippen LogP contribution in [0.3, 0.4) is 0 Å². The number of amides is 2. The van der Waals surface area contributed by atoms with Crippen molar-refractivity contribution in [2.75, 3.05) is 29.9 Å². The number of pyridine rings is 2. The van der Waals surface area contributed by atoms with Crippen LogP contribution in [0.2, 0.25) is 0 Å². The zero-order chi connectivity index (χ0) is 48.0. The Bertz CT molecular complexity index is 2440. The first kappa shape index (κ1) is 50.7. The van der Waals surface area contributed by atoms with E-state index in [-0.39, 0.29) is 42.1 Å². The number of hydrogen-bond donors (Lipinski definition) is 4. The molecule has 4 N–H and O–H groups in total. The van der Waals surface area contributed by atoms with Crippen molar-refractivity contribution in [3.63, 3.8) is 0 Å². The van der Waals surface area contributed by atoms with Gasteiger partial charge < -0.3 is 35.3 Å². The molecule has 1 saturated heterocycles. The Morgan fingerprint density at radius 3 is 1.34 bits per heavy atom. The lowest BCUT2D eigenvalue weighted by atomic mass is 9.79. The third kappa shape index (κ3) is 12.1. The molecule has 4 atom stereocenters. The van der Waals surface area contributed by atoms with Crippen molar-refractivity contribution >= 4 is 23.2 Å². The maximum atomic E-state index is 14.7. The van der Waals surface area contributed by atoms with Gasteiger partial charge in [0.15, 0.2) is 0 Å². The number of piperidine rings is 1. The lowest BCUT2D eigenvalue weighted by Gasteiger charge is -2.45. The van der Waals surface area contributed by atoms with Crippen molar-refractivity contribution in [3.8, 4) is 0 Å². The van der Waals surface area contributed by atoms with Crippen molar-refractivity contribution in [1.29, 1.82) is 0 Å². The van der Waals surface area contributed by atoms with E-state index in [4.69, 9.17) is 0 Å². The first-order valence-electron chi connectivity index (χ1n) is 23.4. The number of nitrogens with one attached hydrogen (secondary N) is 4. The summed E-state index contributed by atoms with van der Waals surface area (Å²) in [5, 5.41) is 5.64. The zero-order valence-electron chi connectivity index (χ0n) is 41.0. The van der Waals surface area contributed by atoms with E-state index in [1.165, 1.54) is 24.6 Å². The SMILES string of the molecule is CCN(c1cc(F)cc(C(=O)NCc2c(C)cc(C)[nH]c2=O)c1C)C1C[C@@H](C)C[C@H](C)C1.CCN(c1cc(F)cc(C(=O)NCc2c(C)cc(C)[nH]c2=O)c1C)C1C[C@@H](C)N(C)[C@H](C)C1. The standard InChI is InChI=1S/C26H37FN4O2.C26H36FN3O2/c1-8-31(21-10-17(4)30(7)18(5)11-21)24-13-20(27)12-22(19(24)6)25(32)28-14-23-15(2)9-16(3)29-26(23)33;1-7-30(21-9-15(2)8-16(3)10-21)24-13-20(27)12-22(19(24)6)25(31)28-14-23-17(4)11-18(5)29-26(23)32/h9,12-13,17-18,21H,8,10-11,14H2,1-7H3,(H,28,32)(H,29,33);11-13,15-16,21H,7-10,14H2,1-6H3,(H,28,31)(H,29,32)/t17-,18-;15-,16-/m10/s1. The number of halogens is 2. The van der Waals surface area contributed by atoms with E-state index < -0.39 is 11.6 Å². The average molecular weight is 898 g/mol. The van der Waals surface area contributed by atoms with Crippen LogP contribution >= 0.6 is 0 Å². The molecule has 1 saturated carbocycles. The molecule has 3 heterocycles. The summed E-state index contributed by atoms with van der Waals surface area (Å²) in [5.74, 6) is -0.346. The van der Waals surface area contributed by atoms with Crippen LogP contribution in [0.5, 0.6) is 0 Å². The van der Waals surface area contributed by atoms with Crippen molar-refractivity contribution in [3.05, 3.63) is 125 Å². The maximum Gasteiger partial charge on any atom is 0.253 e. The predicted molar refractivity (Wildman–Crippen MR) is 259 cm³/mol. The van der Waals surface area contributed by atoms with E-state index in [0.29, 0.717) is 52.2 Å². The summed E-state index contributed by atoms with van der Waals surface area (Å²) in [6.07, 6.45) is 5.35. The molecule has 11 nitrogen and oxygen atoms in total. The summed E-state index contributed by atoms with van der Waals surface area (Å²) < 4.78 is 29.4. The number of anilines is 2. The Hall–Kier alpha value is -5.30. The smallest absolute Gasteiger partial charge is 0.253 e. The number of aromatic nitrogens is 2. The van der Waals surface area contributed by atoms with Crippen LogP contribution in [0.15, 0.2) is 46.0 Å². The van der Waals surface area contributed by atoms with Gasteiger partial charge in [-0.15, -0.1) is 0 Å². The molecule has 0 unspecified atom stereocenters. The molecule has 2 fully saturated rings. The molecule has 0 spiro atoms. The highest BCUT2D eigenvalue weighted by molar-refractivity contribution is 5.98. The maximum absolute atomic E-state index is 14.7. The Labute approximate surface area is 384 Å². The molecule has 6 rings (SSSR count). The number of H-pyrrole nitrogens is 2. The summed E-state index contributed by atoms with van der Waals surface area (Å²) in [6, 6.07) is 10.9. The number of rotatable bonds is 12. The van der Waals surface area contributed by atoms with Gasteiger partial charge in [-0.2, -0.15) is 0 Å². The molecule has 65 heavy (non-hydrogen) atoms. The Kier molecular flexibility index (Phi) is 17.0. The second-order valence-electron chi connectivity index (χ2n) is 19.1. The van der Waals surface area contributed by atoms with Gasteiger partial charge in [-0.3, -0.25) is 19.2 Å². The normalized spacial score (nSPS) is 21.0. The van der Waals surface area contributed by atoms with Gasteiger partial charge in [0.25, 0.3) is 22.9 Å². The van der Waals surface area contributed by atoms with Gasteiger partial charge in [0.1, 0.15) is 11.6 Å². The highest BCUT2D eigenvalue weighted by Gasteiger charge is 2.33. The van der Waals surface area contributed by atoms with Gasteiger partial charge in [-0.25, -0.2) is 8.78 Å². The summed E-state index contributed by atoms with van der Waals surface area (Å²) >= 11 is 0. The van der Waals surface area contributed by atoms with E-state index in [9.17, 15) is 28.0 Å². The topological polar surface area (TPSA) is 134 Å². The molecule has 354 valence electrons. The Morgan fingerprint density at radius 2 is 0.985 bits per heavy atom. The van der Waals surface area contributed by atoms with Gasteiger partial charge in [0, 0.05) is 95.4 Å². The van der Waals surface area contributed by atoms with Gasteiger partial charge in [0.05, 0.1) is 0 Å². The molecule has 2 aromatic heterocycles. The van der Waals surface area contributed by atoms with Crippen LogP contribution in [0.1, 0.15) is 139 Å². The van der Waals surface area contributed by atoms with Crippen LogP contribution in [-0.2, 0) is 13.1 Å². The second-order valence-corrected chi connectivity index (χ2v) is 19.1. The second kappa shape index (κ2) is 21.8. The van der Waals surface area contributed by atoms with E-state index in [0.717, 1.165) is 83.8 Å². The summed E-state index contributed by atoms with van der Waals surface area (Å²) in [5.41, 5.74) is 7.47. The highest BCUT2D eigenvalue weighted by atomic mass is 19.1. The number of benzene rings is 2. The van der Waals surface area contributed by atoms with Gasteiger partial charge >= 0.3 is 0 Å². The van der Waals surface area contributed by atoms with Crippen LogP contribution < -0.4 is 31.6 Å². The minimum Gasteiger partial charge on any atom is -0.368 e. The third-order valence-corrected chi connectivity index (χ3v) is 14.0.